The maximum absolute atomic E-state index is 13.8. The van der Waals surface area contributed by atoms with Gasteiger partial charge in [-0.05, 0) is 13.0 Å². The summed E-state index contributed by atoms with van der Waals surface area (Å²) in [7, 11) is 1.46. The monoisotopic (exact) mass is 264 g/mol. The average Bonchev–Trinajstić information content (AvgIpc) is 2.73. The highest BCUT2D eigenvalue weighted by molar-refractivity contribution is 5.88. The van der Waals surface area contributed by atoms with E-state index in [1.165, 1.54) is 24.1 Å². The quantitative estimate of drug-likeness (QED) is 0.918. The Morgan fingerprint density at radius 1 is 1.53 bits per heavy atom. The highest BCUT2D eigenvalue weighted by atomic mass is 19.1. The Hall–Kier alpha value is -2.37. The van der Waals surface area contributed by atoms with Crippen LogP contribution in [0.1, 0.15) is 21.6 Å². The number of benzene rings is 1. The van der Waals surface area contributed by atoms with Crippen molar-refractivity contribution in [3.05, 3.63) is 47.0 Å². The fourth-order valence-corrected chi connectivity index (χ4v) is 1.77. The van der Waals surface area contributed by atoms with Gasteiger partial charge in [0.1, 0.15) is 17.1 Å². The molecule has 5 nitrogen and oxygen atoms in total. The SMILES string of the molecule is COc1ccc(Cn2cc(C(=O)O)c(C)n2)c(F)c1. The number of halogens is 1. The Morgan fingerprint density at radius 2 is 2.26 bits per heavy atom. The lowest BCUT2D eigenvalue weighted by atomic mass is 10.2. The molecular weight excluding hydrogens is 251 g/mol. The first-order valence-electron chi connectivity index (χ1n) is 5.61. The number of hydrogen-bond donors (Lipinski definition) is 1. The van der Waals surface area contributed by atoms with Crippen LogP contribution >= 0.6 is 0 Å². The second kappa shape index (κ2) is 5.09. The first kappa shape index (κ1) is 13.1. The number of rotatable bonds is 4. The van der Waals surface area contributed by atoms with Crippen LogP contribution in [-0.4, -0.2) is 28.0 Å². The Balaban J connectivity index is 2.26. The van der Waals surface area contributed by atoms with Gasteiger partial charge in [0.15, 0.2) is 0 Å². The number of carboxylic acid groups (broad SMARTS) is 1. The van der Waals surface area contributed by atoms with E-state index in [9.17, 15) is 9.18 Å². The van der Waals surface area contributed by atoms with Gasteiger partial charge in [-0.15, -0.1) is 0 Å². The molecule has 0 saturated heterocycles. The minimum atomic E-state index is -1.04. The van der Waals surface area contributed by atoms with Crippen LogP contribution in [0.15, 0.2) is 24.4 Å². The molecule has 6 heteroatoms. The van der Waals surface area contributed by atoms with Crippen LogP contribution < -0.4 is 4.74 Å². The molecule has 0 aliphatic carbocycles. The van der Waals surface area contributed by atoms with Crippen LogP contribution in [0.3, 0.4) is 0 Å². The zero-order valence-electron chi connectivity index (χ0n) is 10.6. The minimum Gasteiger partial charge on any atom is -0.497 e. The van der Waals surface area contributed by atoms with Crippen LogP contribution in [0, 0.1) is 12.7 Å². The molecule has 0 radical (unpaired) electrons. The van der Waals surface area contributed by atoms with Crippen molar-refractivity contribution in [1.82, 2.24) is 9.78 Å². The first-order valence-corrected chi connectivity index (χ1v) is 5.61. The molecule has 0 unspecified atom stereocenters. The Kier molecular flexibility index (Phi) is 3.50. The molecule has 0 amide bonds. The van der Waals surface area contributed by atoms with Crippen molar-refractivity contribution in [2.24, 2.45) is 0 Å². The van der Waals surface area contributed by atoms with Crippen molar-refractivity contribution in [2.45, 2.75) is 13.5 Å². The summed E-state index contributed by atoms with van der Waals surface area (Å²) < 4.78 is 20.1. The van der Waals surface area contributed by atoms with Crippen LogP contribution in [0.5, 0.6) is 5.75 Å². The molecule has 0 bridgehead atoms. The smallest absolute Gasteiger partial charge is 0.339 e. The second-order valence-electron chi connectivity index (χ2n) is 4.09. The van der Waals surface area contributed by atoms with Crippen molar-refractivity contribution >= 4 is 5.97 Å². The van der Waals surface area contributed by atoms with Crippen LogP contribution in [0.4, 0.5) is 4.39 Å². The number of nitrogens with zero attached hydrogens (tertiary/aromatic N) is 2. The van der Waals surface area contributed by atoms with Crippen LogP contribution in [-0.2, 0) is 6.54 Å². The molecule has 0 aliphatic rings. The largest absolute Gasteiger partial charge is 0.497 e. The normalized spacial score (nSPS) is 10.5. The number of methoxy groups -OCH3 is 1. The van der Waals surface area contributed by atoms with E-state index in [-0.39, 0.29) is 12.1 Å². The number of carboxylic acids is 1. The van der Waals surface area contributed by atoms with Gasteiger partial charge in [-0.3, -0.25) is 4.68 Å². The van der Waals surface area contributed by atoms with E-state index in [1.807, 2.05) is 0 Å². The van der Waals surface area contributed by atoms with Crippen molar-refractivity contribution in [3.63, 3.8) is 0 Å². The lowest BCUT2D eigenvalue weighted by Crippen LogP contribution is -2.03. The average molecular weight is 264 g/mol. The zero-order chi connectivity index (χ0) is 14.0. The first-order chi connectivity index (χ1) is 9.01. The van der Waals surface area contributed by atoms with Crippen molar-refractivity contribution in [3.8, 4) is 5.75 Å². The third-order valence-electron chi connectivity index (χ3n) is 2.77. The summed E-state index contributed by atoms with van der Waals surface area (Å²) in [5, 5.41) is 13.0. The summed E-state index contributed by atoms with van der Waals surface area (Å²) in [6.45, 7) is 1.77. The van der Waals surface area contributed by atoms with Gasteiger partial charge in [0.2, 0.25) is 0 Å². The molecule has 2 rings (SSSR count). The lowest BCUT2D eigenvalue weighted by molar-refractivity contribution is 0.0696. The third-order valence-corrected chi connectivity index (χ3v) is 2.77. The topological polar surface area (TPSA) is 64.3 Å². The molecule has 0 spiro atoms. The molecule has 0 aliphatic heterocycles. The molecule has 19 heavy (non-hydrogen) atoms. The highest BCUT2D eigenvalue weighted by Crippen LogP contribution is 2.17. The molecule has 1 aromatic heterocycles. The highest BCUT2D eigenvalue weighted by Gasteiger charge is 2.13. The summed E-state index contributed by atoms with van der Waals surface area (Å²) in [6, 6.07) is 4.52. The minimum absolute atomic E-state index is 0.119. The summed E-state index contributed by atoms with van der Waals surface area (Å²) in [6.07, 6.45) is 1.39. The van der Waals surface area contributed by atoms with Crippen molar-refractivity contribution in [2.75, 3.05) is 7.11 Å². The van der Waals surface area contributed by atoms with E-state index >= 15 is 0 Å². The second-order valence-corrected chi connectivity index (χ2v) is 4.09. The number of carbonyl (C=O) groups is 1. The van der Waals surface area contributed by atoms with Crippen molar-refractivity contribution in [1.29, 1.82) is 0 Å². The number of ether oxygens (including phenoxy) is 1. The van der Waals surface area contributed by atoms with E-state index in [4.69, 9.17) is 9.84 Å². The summed E-state index contributed by atoms with van der Waals surface area (Å²) in [4.78, 5) is 10.9. The fourth-order valence-electron chi connectivity index (χ4n) is 1.77. The van der Waals surface area contributed by atoms with Gasteiger partial charge in [-0.2, -0.15) is 5.10 Å². The number of aromatic carboxylic acids is 1. The van der Waals surface area contributed by atoms with Gasteiger partial charge in [0, 0.05) is 17.8 Å². The van der Waals surface area contributed by atoms with E-state index < -0.39 is 11.8 Å². The van der Waals surface area contributed by atoms with Gasteiger partial charge in [-0.25, -0.2) is 9.18 Å². The van der Waals surface area contributed by atoms with Gasteiger partial charge in [-0.1, -0.05) is 6.07 Å². The number of aromatic nitrogens is 2. The van der Waals surface area contributed by atoms with E-state index in [0.717, 1.165) is 0 Å². The third kappa shape index (κ3) is 2.73. The van der Waals surface area contributed by atoms with Gasteiger partial charge in [0.05, 0.1) is 19.3 Å². The zero-order valence-corrected chi connectivity index (χ0v) is 10.6. The van der Waals surface area contributed by atoms with Gasteiger partial charge < -0.3 is 9.84 Å². The molecule has 0 fully saturated rings. The maximum Gasteiger partial charge on any atom is 0.339 e. The van der Waals surface area contributed by atoms with Crippen LogP contribution in [0.25, 0.3) is 0 Å². The fraction of sp³-hybridized carbons (Fsp3) is 0.231. The standard InChI is InChI=1S/C13H13FN2O3/c1-8-11(13(17)18)7-16(15-8)6-9-3-4-10(19-2)5-12(9)14/h3-5,7H,6H2,1-2H3,(H,17,18). The van der Waals surface area contributed by atoms with Crippen LogP contribution in [0.2, 0.25) is 0 Å². The molecular formula is C13H13FN2O3. The summed E-state index contributed by atoms with van der Waals surface area (Å²) >= 11 is 0. The van der Waals surface area contributed by atoms with E-state index in [2.05, 4.69) is 5.10 Å². The van der Waals surface area contributed by atoms with E-state index in [0.29, 0.717) is 17.0 Å². The van der Waals surface area contributed by atoms with E-state index in [1.54, 1.807) is 19.1 Å². The molecule has 0 atom stereocenters. The summed E-state index contributed by atoms with van der Waals surface area (Å²) in [5.41, 5.74) is 0.940. The molecule has 100 valence electrons. The number of hydrogen-bond acceptors (Lipinski definition) is 3. The number of aryl methyl sites for hydroxylation is 1. The Morgan fingerprint density at radius 3 is 2.79 bits per heavy atom. The summed E-state index contributed by atoms with van der Waals surface area (Å²) in [5.74, 6) is -1.02. The maximum atomic E-state index is 13.8. The predicted octanol–water partition coefficient (Wildman–Crippen LogP) is 2.09. The molecule has 2 aromatic rings. The molecule has 1 N–H and O–H groups in total. The Labute approximate surface area is 109 Å². The predicted molar refractivity (Wildman–Crippen MR) is 66.0 cm³/mol. The molecule has 0 saturated carbocycles. The van der Waals surface area contributed by atoms with Gasteiger partial charge >= 0.3 is 5.97 Å². The Bertz CT molecular complexity index is 622. The molecule has 1 heterocycles. The molecule has 1 aromatic carbocycles. The van der Waals surface area contributed by atoms with Gasteiger partial charge in [0.25, 0.3) is 0 Å². The lowest BCUT2D eigenvalue weighted by Gasteiger charge is -2.05. The van der Waals surface area contributed by atoms with Crippen molar-refractivity contribution < 1.29 is 19.0 Å².